The molecule has 0 saturated carbocycles. The van der Waals surface area contributed by atoms with Gasteiger partial charge >= 0.3 is 0 Å². The van der Waals surface area contributed by atoms with Crippen LogP contribution in [0.25, 0.3) is 0 Å². The fourth-order valence-electron chi connectivity index (χ4n) is 0.387. The second-order valence-electron chi connectivity index (χ2n) is 1.60. The quantitative estimate of drug-likeness (QED) is 0.415. The van der Waals surface area contributed by atoms with Gasteiger partial charge in [-0.1, -0.05) is 0 Å². The number of methoxy groups -OCH3 is 2. The normalized spacial score (nSPS) is 9.00. The van der Waals surface area contributed by atoms with E-state index in [1.54, 1.807) is 14.2 Å². The summed E-state index contributed by atoms with van der Waals surface area (Å²) in [5.41, 5.74) is 0. The van der Waals surface area contributed by atoms with Crippen LogP contribution in [0.1, 0.15) is 0 Å². The van der Waals surface area contributed by atoms with E-state index < -0.39 is 0 Å². The van der Waals surface area contributed by atoms with Gasteiger partial charge in [0.2, 0.25) is 0 Å². The van der Waals surface area contributed by atoms with Gasteiger partial charge < -0.3 is 14.2 Å². The van der Waals surface area contributed by atoms with Crippen molar-refractivity contribution in [3.8, 4) is 0 Å². The third-order valence-corrected chi connectivity index (χ3v) is 0.864. The molecule has 0 aromatic carbocycles. The number of rotatable bonds is 6. The van der Waals surface area contributed by atoms with Gasteiger partial charge in [-0.2, -0.15) is 0 Å². The maximum absolute atomic E-state index is 5.06. The first-order valence-corrected chi connectivity index (χ1v) is 2.97. The molecule has 0 unspecified atom stereocenters. The van der Waals surface area contributed by atoms with Gasteiger partial charge in [-0.25, -0.2) is 0 Å². The first-order chi connectivity index (χ1) is 4.41. The Kier molecular flexibility index (Phi) is 18.5. The Labute approximate surface area is 105 Å². The van der Waals surface area contributed by atoms with Gasteiger partial charge in [0.1, 0.15) is 0 Å². The van der Waals surface area contributed by atoms with E-state index in [2.05, 4.69) is 0 Å². The molecule has 0 aliphatic rings. The molecule has 4 heteroatoms. The van der Waals surface area contributed by atoms with E-state index in [1.165, 1.54) is 0 Å². The Morgan fingerprint density at radius 2 is 1.20 bits per heavy atom. The third-order valence-electron chi connectivity index (χ3n) is 0.864. The topological polar surface area (TPSA) is 27.7 Å². The summed E-state index contributed by atoms with van der Waals surface area (Å²) >= 11 is 0. The average molecular weight is 173 g/mol. The van der Waals surface area contributed by atoms with E-state index in [0.717, 1.165) is 0 Å². The Morgan fingerprint density at radius 3 is 1.50 bits per heavy atom. The van der Waals surface area contributed by atoms with Crippen molar-refractivity contribution >= 4 is 51.4 Å². The van der Waals surface area contributed by atoms with Gasteiger partial charge in [0.05, 0.1) is 26.4 Å². The monoisotopic (exact) mass is 173 g/mol. The molecule has 0 N–H and O–H groups in total. The van der Waals surface area contributed by atoms with Crippen LogP contribution in [0.2, 0.25) is 0 Å². The minimum Gasteiger partial charge on any atom is -0.382 e. The molecule has 0 atom stereocenters. The zero-order valence-corrected chi connectivity index (χ0v) is 10.2. The van der Waals surface area contributed by atoms with Gasteiger partial charge in [0.25, 0.3) is 0 Å². The minimum atomic E-state index is 0. The van der Waals surface area contributed by atoms with E-state index >= 15 is 0 Å². The molecule has 0 saturated heterocycles. The summed E-state index contributed by atoms with van der Waals surface area (Å²) < 4.78 is 14.6. The van der Waals surface area contributed by atoms with E-state index in [0.29, 0.717) is 26.4 Å². The summed E-state index contributed by atoms with van der Waals surface area (Å²) in [5, 5.41) is 0. The molecule has 0 fully saturated rings. The van der Waals surface area contributed by atoms with Crippen LogP contribution in [0, 0.1) is 0 Å². The van der Waals surface area contributed by atoms with Crippen molar-refractivity contribution in [1.29, 1.82) is 0 Å². The number of ether oxygens (including phenoxy) is 3. The Morgan fingerprint density at radius 1 is 0.800 bits per heavy atom. The second-order valence-corrected chi connectivity index (χ2v) is 1.60. The Balaban J connectivity index is 0. The van der Waals surface area contributed by atoms with Crippen molar-refractivity contribution in [2.75, 3.05) is 40.6 Å². The molecule has 0 heterocycles. The Hall–Kier alpha value is 1.52. The van der Waals surface area contributed by atoms with Crippen LogP contribution in [0.4, 0.5) is 0 Å². The smallest absolute Gasteiger partial charge is 0.0701 e. The molecular weight excluding hydrogens is 159 g/mol. The number of hydrogen-bond acceptors (Lipinski definition) is 3. The van der Waals surface area contributed by atoms with Crippen LogP contribution in [0.15, 0.2) is 0 Å². The molecule has 1 radical (unpaired) electrons. The number of hydrogen-bond donors (Lipinski definition) is 0. The van der Waals surface area contributed by atoms with E-state index in [9.17, 15) is 0 Å². The molecule has 10 heavy (non-hydrogen) atoms. The Bertz CT molecular complexity index is 46.3. The fraction of sp³-hybridized carbons (Fsp3) is 1.00. The van der Waals surface area contributed by atoms with Gasteiger partial charge in [-0.05, 0) is 0 Å². The molecule has 0 aromatic rings. The van der Waals surface area contributed by atoms with Crippen LogP contribution in [-0.4, -0.2) is 92.0 Å². The van der Waals surface area contributed by atoms with E-state index in [-0.39, 0.29) is 51.4 Å². The molecule has 0 aromatic heterocycles. The van der Waals surface area contributed by atoms with Gasteiger partial charge in [0.15, 0.2) is 0 Å². The standard InChI is InChI=1S/C6H14O3.K/c1-7-3-5-9-6-4-8-2;/h3-6H2,1-2H3;. The molecule has 0 bridgehead atoms. The van der Waals surface area contributed by atoms with E-state index in [4.69, 9.17) is 14.2 Å². The third kappa shape index (κ3) is 12.2. The van der Waals surface area contributed by atoms with Gasteiger partial charge in [0, 0.05) is 65.6 Å². The van der Waals surface area contributed by atoms with Crippen molar-refractivity contribution < 1.29 is 14.2 Å². The van der Waals surface area contributed by atoms with Crippen LogP contribution < -0.4 is 0 Å². The first kappa shape index (κ1) is 14.1. The largest absolute Gasteiger partial charge is 0.382 e. The summed E-state index contributed by atoms with van der Waals surface area (Å²) in [7, 11) is 3.30. The summed E-state index contributed by atoms with van der Waals surface area (Å²) in [5.74, 6) is 0. The maximum Gasteiger partial charge on any atom is 0.0701 e. The average Bonchev–Trinajstić information content (AvgIpc) is 1.89. The predicted octanol–water partition coefficient (Wildman–Crippen LogP) is -0.0850. The second kappa shape index (κ2) is 13.1. The van der Waals surface area contributed by atoms with Crippen LogP contribution >= 0.6 is 0 Å². The van der Waals surface area contributed by atoms with Crippen molar-refractivity contribution in [2.24, 2.45) is 0 Å². The van der Waals surface area contributed by atoms with E-state index in [1.807, 2.05) is 0 Å². The van der Waals surface area contributed by atoms with Crippen LogP contribution in [0.3, 0.4) is 0 Å². The van der Waals surface area contributed by atoms with Crippen LogP contribution in [0.5, 0.6) is 0 Å². The summed E-state index contributed by atoms with van der Waals surface area (Å²) in [6, 6.07) is 0. The molecule has 3 nitrogen and oxygen atoms in total. The molecule has 0 aliphatic heterocycles. The summed E-state index contributed by atoms with van der Waals surface area (Å²) in [6.45, 7) is 2.62. The minimum absolute atomic E-state index is 0. The van der Waals surface area contributed by atoms with Crippen molar-refractivity contribution in [2.45, 2.75) is 0 Å². The first-order valence-electron chi connectivity index (χ1n) is 2.97. The summed E-state index contributed by atoms with van der Waals surface area (Å²) in [4.78, 5) is 0. The van der Waals surface area contributed by atoms with Gasteiger partial charge in [-0.3, -0.25) is 0 Å². The summed E-state index contributed by atoms with van der Waals surface area (Å²) in [6.07, 6.45) is 0. The fourth-order valence-corrected chi connectivity index (χ4v) is 0.387. The van der Waals surface area contributed by atoms with Gasteiger partial charge in [-0.15, -0.1) is 0 Å². The molecule has 57 valence electrons. The van der Waals surface area contributed by atoms with Crippen molar-refractivity contribution in [3.05, 3.63) is 0 Å². The maximum atomic E-state index is 5.06. The van der Waals surface area contributed by atoms with Crippen molar-refractivity contribution in [1.82, 2.24) is 0 Å². The molecule has 0 spiro atoms. The SMILES string of the molecule is COCCOCCOC.[K]. The molecule has 0 amide bonds. The zero-order valence-electron chi connectivity index (χ0n) is 7.05. The molecular formula is C6H14KO3. The molecule has 0 rings (SSSR count). The van der Waals surface area contributed by atoms with Crippen LogP contribution in [-0.2, 0) is 14.2 Å². The van der Waals surface area contributed by atoms with Crippen molar-refractivity contribution in [3.63, 3.8) is 0 Å². The predicted molar refractivity (Wildman–Crippen MR) is 40.3 cm³/mol. The zero-order chi connectivity index (χ0) is 6.95. The molecule has 0 aliphatic carbocycles.